The van der Waals surface area contributed by atoms with E-state index in [1.54, 1.807) is 68.3 Å². The van der Waals surface area contributed by atoms with E-state index in [-0.39, 0.29) is 60.8 Å². The number of aliphatic hydroxyl groups excluding tert-OH is 3. The predicted molar refractivity (Wildman–Crippen MR) is 546 cm³/mol. The Labute approximate surface area is 852 Å². The minimum absolute atomic E-state index is 0.0300. The molecule has 0 radical (unpaired) electrons. The second kappa shape index (κ2) is 58.5. The lowest BCUT2D eigenvalue weighted by Gasteiger charge is -2.56. The molecular weight excluding hydrogens is 1900 g/mol. The van der Waals surface area contributed by atoms with Crippen LogP contribution in [0, 0.1) is 98.0 Å². The van der Waals surface area contributed by atoms with Gasteiger partial charge >= 0.3 is 5.97 Å². The van der Waals surface area contributed by atoms with Crippen molar-refractivity contribution < 1.29 is 111 Å². The van der Waals surface area contributed by atoms with E-state index in [0.717, 1.165) is 88.7 Å². The number of nitrogens with two attached hydrogens (primary N) is 1. The zero-order valence-corrected chi connectivity index (χ0v) is 88.0. The number of amides is 3. The molecule has 0 unspecified atom stereocenters. The van der Waals surface area contributed by atoms with Crippen molar-refractivity contribution in [2.24, 2.45) is 76.7 Å². The Hall–Kier alpha value is -5.20. The van der Waals surface area contributed by atoms with Gasteiger partial charge in [-0.2, -0.15) is 0 Å². The van der Waals surface area contributed by atoms with Crippen LogP contribution in [0.15, 0.2) is 36.4 Å². The molecule has 2 aliphatic heterocycles. The fourth-order valence-corrected chi connectivity index (χ4v) is 28.2. The molecule has 2 saturated heterocycles. The molecule has 7 N–H and O–H groups in total. The van der Waals surface area contributed by atoms with Gasteiger partial charge in [0, 0.05) is 54.7 Å². The van der Waals surface area contributed by atoms with Gasteiger partial charge in [0.05, 0.1) is 228 Å². The Morgan fingerprint density at radius 3 is 0.900 bits per heavy atom. The molecule has 3 amide bonds. The molecule has 34 heteroatoms. The van der Waals surface area contributed by atoms with Crippen LogP contribution in [-0.2, 0) is 90.2 Å². The summed E-state index contributed by atoms with van der Waals surface area (Å²) in [4.78, 5) is 62.8. The second-order valence-electron chi connectivity index (χ2n) is 42.6. The average Bonchev–Trinajstić information content (AvgIpc) is 0.936. The largest absolute Gasteiger partial charge is 0.481 e. The molecular formula is C106H167BrN8O23S2. The van der Waals surface area contributed by atoms with Crippen molar-refractivity contribution in [3.63, 3.8) is 0 Å². The predicted octanol–water partition coefficient (Wildman–Crippen LogP) is 14.7. The van der Waals surface area contributed by atoms with Gasteiger partial charge in [0.1, 0.15) is 11.1 Å². The van der Waals surface area contributed by atoms with E-state index in [1.807, 2.05) is 38.7 Å². The van der Waals surface area contributed by atoms with Crippen molar-refractivity contribution in [3.05, 3.63) is 70.4 Å². The van der Waals surface area contributed by atoms with Crippen LogP contribution in [0.1, 0.15) is 219 Å². The summed E-state index contributed by atoms with van der Waals surface area (Å²) in [6.07, 6.45) is 35.0. The Morgan fingerprint density at radius 1 is 0.400 bits per heavy atom. The third kappa shape index (κ3) is 35.3. The maximum absolute atomic E-state index is 13.3. The van der Waals surface area contributed by atoms with Crippen LogP contribution in [0.4, 0.5) is 22.7 Å². The van der Waals surface area contributed by atoms with Gasteiger partial charge in [-0.15, -0.1) is 0 Å². The summed E-state index contributed by atoms with van der Waals surface area (Å²) in [7, 11) is 0. The smallest absolute Gasteiger partial charge is 0.303 e. The van der Waals surface area contributed by atoms with Gasteiger partial charge < -0.3 is 112 Å². The maximum Gasteiger partial charge on any atom is 0.303 e. The second-order valence-corrected chi connectivity index (χ2v) is 45.0. The molecule has 31 nitrogen and oxygen atoms in total. The fraction of sp³-hybridized carbons (Fsp3) is 0.811. The Balaban J connectivity index is 0.000000171. The number of nitrogens with one attached hydrogen (secondary N) is 1. The van der Waals surface area contributed by atoms with E-state index >= 15 is 0 Å². The molecule has 0 aromatic heterocycles. The number of benzene rings is 2. The number of aliphatic hydroxyl groups is 3. The van der Waals surface area contributed by atoms with Crippen molar-refractivity contribution in [2.75, 3.05) is 234 Å². The fourth-order valence-electron chi connectivity index (χ4n) is 25.8. The lowest BCUT2D eigenvalue weighted by Crippen LogP contribution is -2.52. The van der Waals surface area contributed by atoms with Crippen molar-refractivity contribution in [3.8, 4) is 0 Å². The highest BCUT2D eigenvalue weighted by Crippen LogP contribution is 2.62. The quantitative estimate of drug-likeness (QED) is 0.0155. The average molecular weight is 2070 g/mol. The number of alkyl halides is 1. The van der Waals surface area contributed by atoms with Gasteiger partial charge in [0.25, 0.3) is 11.8 Å². The molecule has 788 valence electrons. The molecule has 20 rings (SSSR count). The van der Waals surface area contributed by atoms with E-state index < -0.39 is 17.0 Å². The molecule has 16 bridgehead atoms. The van der Waals surface area contributed by atoms with Gasteiger partial charge in [-0.3, -0.25) is 29.0 Å². The highest BCUT2D eigenvalue weighted by atomic mass is 79.9. The molecule has 0 spiro atoms. The van der Waals surface area contributed by atoms with E-state index in [4.69, 9.17) is 135 Å². The zero-order chi connectivity index (χ0) is 100.0. The molecule has 16 aliphatic carbocycles. The number of aliphatic carboxylic acids is 1. The minimum atomic E-state index is -0.869. The standard InChI is InChI=1S/C35H50N4O6S.C18H33NO4.C18H32O5.C17H19N3O3S.C10H15Br.C8H18O5/c1-25-18-29(7-8-30(25)36-4)39-32(41)34(2,3)38(33(39)46)10-5-6-31(40)37-9-11-42-12-13-43-14-15-44-16-17-45-35-22-26-19-27(23-35)21-28(20-26)24-35;2*19-1-2-20-3-4-21-5-6-22-7-8-23-18-12-15-9-16(13-18)11-17(10-15)14-18;1-11-10-12(7-8-13(11)18-4)20-15(23)17(2,3)19(16(20)24)9-5-6-14(21)22;11-10-4-7-1-8(5-10)3-9(2-7)6-10;9-1-3-11-5-7-13-8-6-12-4-2-10/h7-8,18,26-28H,5-6,9-17,19-24H2,1-3H3,(H,37,40);15-17H,1-14,19H2;15-17,19H,1-14H2;7-8,10H,5-6,9H2,1-3H3,(H,21,22);7-9H,1-6H2;9-10H,1-8H2. The first kappa shape index (κ1) is 115. The number of thiocarbonyl (C=S) groups is 2. The molecule has 18 fully saturated rings. The number of carboxylic acid groups (broad SMARTS) is 1. The molecule has 2 aromatic carbocycles. The molecule has 2 aromatic rings. The molecule has 140 heavy (non-hydrogen) atoms. The third-order valence-electron chi connectivity index (χ3n) is 30.7. The number of hydrogen-bond donors (Lipinski definition) is 6. The van der Waals surface area contributed by atoms with Crippen molar-refractivity contribution >= 4 is 97.0 Å². The van der Waals surface area contributed by atoms with E-state index in [2.05, 4.69) is 30.9 Å². The van der Waals surface area contributed by atoms with Gasteiger partial charge in [-0.25, -0.2) is 9.69 Å². The van der Waals surface area contributed by atoms with Gasteiger partial charge in [-0.1, -0.05) is 28.1 Å². The Bertz CT molecular complexity index is 4000. The number of ether oxygens (including phenoxy) is 15. The minimum Gasteiger partial charge on any atom is -0.481 e. The lowest BCUT2D eigenvalue weighted by molar-refractivity contribution is -0.169. The summed E-state index contributed by atoms with van der Waals surface area (Å²) >= 11 is 15.1. The van der Waals surface area contributed by atoms with Gasteiger partial charge in [0.2, 0.25) is 5.91 Å². The summed E-state index contributed by atoms with van der Waals surface area (Å²) in [6, 6.07) is 10.4. The summed E-state index contributed by atoms with van der Waals surface area (Å²) in [6.45, 7) is 42.1. The zero-order valence-electron chi connectivity index (χ0n) is 84.7. The maximum atomic E-state index is 13.3. The number of carboxylic acids is 1. The van der Waals surface area contributed by atoms with Gasteiger partial charge in [0.15, 0.2) is 21.6 Å². The number of nitrogens with zero attached hydrogens (tertiary/aromatic N) is 6. The van der Waals surface area contributed by atoms with Crippen LogP contribution in [0.3, 0.4) is 0 Å². The van der Waals surface area contributed by atoms with Crippen LogP contribution in [0.25, 0.3) is 9.69 Å². The number of carbonyl (C=O) groups is 4. The van der Waals surface area contributed by atoms with Crippen molar-refractivity contribution in [2.45, 2.75) is 254 Å². The number of hydrogen-bond acceptors (Lipinski definition) is 25. The van der Waals surface area contributed by atoms with Gasteiger partial charge in [-0.05, 0) is 339 Å². The number of carbonyl (C=O) groups excluding carboxylic acids is 3. The number of anilines is 2. The SMILES string of the molecule is BrC12CC3CC(CC(C3)C1)C2.NCCOCCOCCOCCOC12CC3CC(CC(C3)C1)C2.OCCOCCOCCOCCO.OCCOCCOCCOCCOC12CC3CC(CC(C3)C1)C2.[C-]#[N+]c1ccc(N2C(=O)C(C)(C)N(CCCC(=O)NCCOCCOCCOCCOC34CC5CC(CC(C5)C3)C4)C2=S)cc1C.[C-]#[N+]c1ccc(N2C(=O)C(C)(C)N(CCCC(=O)O)C2=S)cc1C. The number of rotatable bonds is 57. The van der Waals surface area contributed by atoms with E-state index in [9.17, 15) is 19.2 Å². The highest BCUT2D eigenvalue weighted by Gasteiger charge is 2.57. The number of aryl methyl sites for hydroxylation is 2. The van der Waals surface area contributed by atoms with E-state index in [1.165, 1.54) is 145 Å². The monoisotopic (exact) mass is 2060 g/mol. The first-order chi connectivity index (χ1) is 67.6. The number of halogens is 1. The molecule has 16 saturated carbocycles. The Kier molecular flexibility index (Phi) is 48.1. The van der Waals surface area contributed by atoms with Crippen molar-refractivity contribution in [1.29, 1.82) is 0 Å². The summed E-state index contributed by atoms with van der Waals surface area (Å²) in [5.41, 5.74) is 8.15. The summed E-state index contributed by atoms with van der Waals surface area (Å²) in [5.74, 6) is 10.4. The third-order valence-corrected chi connectivity index (χ3v) is 32.4. The summed E-state index contributed by atoms with van der Waals surface area (Å²) in [5, 5.41) is 37.7. The molecule has 2 heterocycles. The van der Waals surface area contributed by atoms with Crippen LogP contribution in [-0.4, -0.2) is 321 Å². The molecule has 18 aliphatic rings. The van der Waals surface area contributed by atoms with Crippen LogP contribution >= 0.6 is 40.4 Å². The Morgan fingerprint density at radius 2 is 0.650 bits per heavy atom. The van der Waals surface area contributed by atoms with Crippen LogP contribution in [0.5, 0.6) is 0 Å². The summed E-state index contributed by atoms with van der Waals surface area (Å²) < 4.78 is 83.9. The van der Waals surface area contributed by atoms with Crippen LogP contribution in [0.2, 0.25) is 0 Å². The lowest BCUT2D eigenvalue weighted by atomic mass is 9.54. The normalized spacial score (nSPS) is 28.7. The first-order valence-electron chi connectivity index (χ1n) is 52.4. The topological polar surface area (TPSA) is 347 Å². The van der Waals surface area contributed by atoms with Crippen molar-refractivity contribution in [1.82, 2.24) is 15.1 Å². The first-order valence-corrected chi connectivity index (χ1v) is 54.0. The van der Waals surface area contributed by atoms with Crippen LogP contribution < -0.4 is 20.9 Å². The molecule has 0 atom stereocenters. The van der Waals surface area contributed by atoms with E-state index in [0.29, 0.717) is 255 Å². The highest BCUT2D eigenvalue weighted by molar-refractivity contribution is 9.10.